The minimum Gasteiger partial charge on any atom is -0.478 e. The maximum atomic E-state index is 13.1. The maximum absolute atomic E-state index is 13.1. The highest BCUT2D eigenvalue weighted by Crippen LogP contribution is 2.25. The third-order valence-electron chi connectivity index (χ3n) is 7.28. The Kier molecular flexibility index (Phi) is 9.13. The van der Waals surface area contributed by atoms with Gasteiger partial charge in [-0.3, -0.25) is 9.48 Å². The molecule has 3 N–H and O–H groups in total. The van der Waals surface area contributed by atoms with E-state index in [1.165, 1.54) is 0 Å². The number of piperidine rings is 1. The number of hydrogen-bond acceptors (Lipinski definition) is 8. The van der Waals surface area contributed by atoms with Gasteiger partial charge in [0.05, 0.1) is 17.2 Å². The Hall–Kier alpha value is -3.28. The summed E-state index contributed by atoms with van der Waals surface area (Å²) in [7, 11) is 0. The number of amides is 1. The summed E-state index contributed by atoms with van der Waals surface area (Å²) in [6, 6.07) is 5.11. The third kappa shape index (κ3) is 7.40. The lowest BCUT2D eigenvalue weighted by Crippen LogP contribution is -2.49. The van der Waals surface area contributed by atoms with Gasteiger partial charge in [0.25, 0.3) is 5.91 Å². The van der Waals surface area contributed by atoms with Crippen molar-refractivity contribution < 1.29 is 34.1 Å². The van der Waals surface area contributed by atoms with Crippen LogP contribution in [0, 0.1) is 5.92 Å². The van der Waals surface area contributed by atoms with E-state index >= 15 is 0 Å². The average Bonchev–Trinajstić information content (AvgIpc) is 3.35. The molecule has 38 heavy (non-hydrogen) atoms. The Morgan fingerprint density at radius 3 is 2.68 bits per heavy atom. The fourth-order valence-corrected chi connectivity index (χ4v) is 4.95. The highest BCUT2D eigenvalue weighted by atomic mass is 16.5. The van der Waals surface area contributed by atoms with E-state index in [0.29, 0.717) is 56.1 Å². The molecule has 0 aliphatic carbocycles. The zero-order valence-electron chi connectivity index (χ0n) is 21.7. The number of carboxylic acid groups (broad SMARTS) is 1. The molecule has 1 atom stereocenters. The number of aromatic nitrogens is 2. The second-order valence-electron chi connectivity index (χ2n) is 10.3. The van der Waals surface area contributed by atoms with Gasteiger partial charge in [0.15, 0.2) is 0 Å². The lowest BCUT2D eigenvalue weighted by molar-refractivity contribution is -0.139. The van der Waals surface area contributed by atoms with Crippen LogP contribution >= 0.6 is 0 Å². The Morgan fingerprint density at radius 1 is 1.24 bits per heavy atom. The smallest absolute Gasteiger partial charge is 0.331 e. The zero-order valence-corrected chi connectivity index (χ0v) is 21.7. The van der Waals surface area contributed by atoms with Gasteiger partial charge in [-0.2, -0.15) is 5.10 Å². The summed E-state index contributed by atoms with van der Waals surface area (Å²) in [5.74, 6) is -1.78. The maximum Gasteiger partial charge on any atom is 0.331 e. The van der Waals surface area contributed by atoms with E-state index in [-0.39, 0.29) is 18.6 Å². The summed E-state index contributed by atoms with van der Waals surface area (Å²) in [6.07, 6.45) is 6.65. The van der Waals surface area contributed by atoms with Crippen LogP contribution in [0.15, 0.2) is 36.5 Å². The number of nitrogens with one attached hydrogen (secondary N) is 1. The first kappa shape index (κ1) is 27.7. The average molecular weight is 529 g/mol. The molecule has 0 saturated carbocycles. The molecule has 2 aliphatic rings. The lowest BCUT2D eigenvalue weighted by Gasteiger charge is -2.39. The fraction of sp³-hybridized carbons (Fsp3) is 0.556. The highest BCUT2D eigenvalue weighted by Gasteiger charge is 2.33. The van der Waals surface area contributed by atoms with Crippen LogP contribution in [0.5, 0.6) is 0 Å². The second kappa shape index (κ2) is 12.5. The molecule has 1 aromatic carbocycles. The summed E-state index contributed by atoms with van der Waals surface area (Å²) in [5, 5.41) is 27.8. The van der Waals surface area contributed by atoms with Crippen molar-refractivity contribution in [1.29, 1.82) is 0 Å². The number of esters is 1. The van der Waals surface area contributed by atoms with Crippen LogP contribution in [0.25, 0.3) is 10.9 Å². The molecule has 206 valence electrons. The van der Waals surface area contributed by atoms with Gasteiger partial charge in [0.2, 0.25) is 0 Å². The molecule has 3 heterocycles. The number of nitrogens with zero attached hydrogens (tertiary/aromatic N) is 3. The van der Waals surface area contributed by atoms with E-state index in [1.54, 1.807) is 16.9 Å². The molecule has 2 saturated heterocycles. The van der Waals surface area contributed by atoms with Crippen LogP contribution in [0.1, 0.15) is 49.0 Å². The topological polar surface area (TPSA) is 143 Å². The van der Waals surface area contributed by atoms with Crippen LogP contribution in [0.3, 0.4) is 0 Å². The van der Waals surface area contributed by atoms with Gasteiger partial charge >= 0.3 is 11.9 Å². The number of fused-ring (bicyclic) bond motifs is 1. The number of carbonyl (C=O) groups is 3. The van der Waals surface area contributed by atoms with Gasteiger partial charge in [0, 0.05) is 62.9 Å². The molecule has 1 aromatic heterocycles. The molecule has 2 aliphatic heterocycles. The Balaban J connectivity index is 1.28. The first-order valence-corrected chi connectivity index (χ1v) is 13.1. The van der Waals surface area contributed by atoms with Crippen LogP contribution in [-0.2, 0) is 19.1 Å². The van der Waals surface area contributed by atoms with Crippen molar-refractivity contribution in [3.05, 3.63) is 42.1 Å². The van der Waals surface area contributed by atoms with Crippen molar-refractivity contribution in [2.45, 2.75) is 44.2 Å². The Labute approximate surface area is 221 Å². The highest BCUT2D eigenvalue weighted by molar-refractivity contribution is 6.05. The quantitative estimate of drug-likeness (QED) is 0.310. The van der Waals surface area contributed by atoms with Gasteiger partial charge < -0.3 is 29.9 Å². The summed E-state index contributed by atoms with van der Waals surface area (Å²) in [6.45, 7) is 6.10. The largest absolute Gasteiger partial charge is 0.478 e. The summed E-state index contributed by atoms with van der Waals surface area (Å²) < 4.78 is 12.1. The van der Waals surface area contributed by atoms with Crippen molar-refractivity contribution in [2.75, 3.05) is 46.0 Å². The van der Waals surface area contributed by atoms with Crippen molar-refractivity contribution in [2.24, 2.45) is 5.92 Å². The number of aliphatic hydroxyl groups is 1. The predicted octanol–water partition coefficient (Wildman–Crippen LogP) is 1.76. The molecular formula is C27H36N4O7. The van der Waals surface area contributed by atoms with Crippen LogP contribution < -0.4 is 5.32 Å². The molecule has 2 aromatic rings. The molecule has 11 nitrogen and oxygen atoms in total. The van der Waals surface area contributed by atoms with Gasteiger partial charge in [-0.1, -0.05) is 12.1 Å². The Morgan fingerprint density at radius 2 is 1.97 bits per heavy atom. The molecular weight excluding hydrogens is 492 g/mol. The Bertz CT molecular complexity index is 1160. The molecule has 11 heteroatoms. The molecule has 1 amide bonds. The van der Waals surface area contributed by atoms with Crippen LogP contribution in [-0.4, -0.2) is 94.3 Å². The predicted molar refractivity (Wildman–Crippen MR) is 139 cm³/mol. The number of ether oxygens (including phenoxy) is 2. The number of aliphatic carboxylic acids is 1. The SMILES string of the molecule is CC(COC(=O)C=CC(=O)O)n1cc2cccc(C(=O)NCC3CCN(CC4(O)CCOCC4)CC3)c2n1. The van der Waals surface area contributed by atoms with Crippen LogP contribution in [0.2, 0.25) is 0 Å². The number of carboxylic acids is 1. The van der Waals surface area contributed by atoms with Crippen molar-refractivity contribution in [3.8, 4) is 0 Å². The van der Waals surface area contributed by atoms with E-state index < -0.39 is 17.5 Å². The van der Waals surface area contributed by atoms with Crippen molar-refractivity contribution >= 4 is 28.7 Å². The van der Waals surface area contributed by atoms with E-state index in [0.717, 1.165) is 43.5 Å². The zero-order chi connectivity index (χ0) is 27.1. The summed E-state index contributed by atoms with van der Waals surface area (Å²) in [5.41, 5.74) is 0.389. The van der Waals surface area contributed by atoms with Crippen molar-refractivity contribution in [1.82, 2.24) is 20.0 Å². The second-order valence-corrected chi connectivity index (χ2v) is 10.3. The number of benzene rings is 1. The molecule has 0 bridgehead atoms. The van der Waals surface area contributed by atoms with E-state index in [1.807, 2.05) is 19.1 Å². The normalized spacial score (nSPS) is 19.4. The molecule has 0 spiro atoms. The first-order chi connectivity index (χ1) is 18.2. The van der Waals surface area contributed by atoms with Gasteiger partial charge in [-0.05, 0) is 44.8 Å². The molecule has 0 radical (unpaired) electrons. The minimum absolute atomic E-state index is 0.00217. The molecule has 2 fully saturated rings. The third-order valence-corrected chi connectivity index (χ3v) is 7.28. The van der Waals surface area contributed by atoms with E-state index in [2.05, 4.69) is 15.3 Å². The number of hydrogen-bond donors (Lipinski definition) is 3. The fourth-order valence-electron chi connectivity index (χ4n) is 4.95. The summed E-state index contributed by atoms with van der Waals surface area (Å²) in [4.78, 5) is 37.5. The number of rotatable bonds is 10. The molecule has 1 unspecified atom stereocenters. The van der Waals surface area contributed by atoms with Gasteiger partial charge in [-0.15, -0.1) is 0 Å². The number of β-amino-alcohol motifs (C(OH)–C–C–N with tert-alkyl or cyclic N) is 1. The number of carbonyl (C=O) groups excluding carboxylic acids is 2. The van der Waals surface area contributed by atoms with Gasteiger partial charge in [-0.25, -0.2) is 9.59 Å². The lowest BCUT2D eigenvalue weighted by atomic mass is 9.91. The van der Waals surface area contributed by atoms with E-state index in [4.69, 9.17) is 14.6 Å². The molecule has 4 rings (SSSR count). The summed E-state index contributed by atoms with van der Waals surface area (Å²) >= 11 is 0. The minimum atomic E-state index is -1.23. The number of likely N-dealkylation sites (tertiary alicyclic amines) is 1. The van der Waals surface area contributed by atoms with Crippen molar-refractivity contribution in [3.63, 3.8) is 0 Å². The standard InChI is InChI=1S/C27H36N4O7/c1-19(17-38-24(34)6-5-23(32)33)31-16-21-3-2-4-22(25(21)29-31)26(35)28-15-20-7-11-30(12-8-20)18-27(36)9-13-37-14-10-27/h2-6,16,19-20,36H,7-15,17-18H2,1H3,(H,28,35)(H,32,33). The van der Waals surface area contributed by atoms with E-state index in [9.17, 15) is 19.5 Å². The van der Waals surface area contributed by atoms with Crippen LogP contribution in [0.4, 0.5) is 0 Å². The van der Waals surface area contributed by atoms with Gasteiger partial charge in [0.1, 0.15) is 12.1 Å². The first-order valence-electron chi connectivity index (χ1n) is 13.1. The monoisotopic (exact) mass is 528 g/mol.